The predicted molar refractivity (Wildman–Crippen MR) is 89.7 cm³/mol. The Kier molecular flexibility index (Phi) is 6.08. The molecule has 0 spiro atoms. The van der Waals surface area contributed by atoms with E-state index < -0.39 is 0 Å². The second-order valence-electron chi connectivity index (χ2n) is 4.41. The number of benzene rings is 2. The number of hydrogen-bond donors (Lipinski definition) is 1. The summed E-state index contributed by atoms with van der Waals surface area (Å²) in [6, 6.07) is 13.1. The Morgan fingerprint density at radius 3 is 2.52 bits per heavy atom. The van der Waals surface area contributed by atoms with E-state index in [0.29, 0.717) is 11.6 Å². The minimum Gasteiger partial charge on any atom is -0.497 e. The zero-order valence-corrected chi connectivity index (χ0v) is 13.4. The van der Waals surface area contributed by atoms with E-state index in [0.717, 1.165) is 34.3 Å². The maximum absolute atomic E-state index is 5.94. The lowest BCUT2D eigenvalue weighted by Gasteiger charge is -2.09. The third-order valence-electron chi connectivity index (χ3n) is 2.85. The zero-order chi connectivity index (χ0) is 15.1. The number of methoxy groups -OCH3 is 1. The Balaban J connectivity index is 1.73. The van der Waals surface area contributed by atoms with Crippen LogP contribution in [0, 0.1) is 0 Å². The molecule has 0 atom stereocenters. The van der Waals surface area contributed by atoms with E-state index in [1.54, 1.807) is 18.9 Å². The molecule has 21 heavy (non-hydrogen) atoms. The molecular weight excluding hydrogens is 306 g/mol. The minimum absolute atomic E-state index is 0.665. The van der Waals surface area contributed by atoms with Crippen molar-refractivity contribution in [2.45, 2.75) is 11.3 Å². The molecule has 0 aliphatic rings. The van der Waals surface area contributed by atoms with Gasteiger partial charge in [0.15, 0.2) is 0 Å². The molecule has 5 heteroatoms. The van der Waals surface area contributed by atoms with E-state index in [9.17, 15) is 0 Å². The summed E-state index contributed by atoms with van der Waals surface area (Å²) in [6.45, 7) is 0.665. The van der Waals surface area contributed by atoms with Gasteiger partial charge in [-0.3, -0.25) is 0 Å². The third-order valence-corrected chi connectivity index (χ3v) is 4.26. The molecule has 0 unspecified atom stereocenters. The second kappa shape index (κ2) is 8.05. The van der Waals surface area contributed by atoms with Crippen LogP contribution >= 0.6 is 23.4 Å². The van der Waals surface area contributed by atoms with Gasteiger partial charge in [0.1, 0.15) is 11.5 Å². The molecule has 0 aromatic heterocycles. The SMILES string of the molecule is COc1ccc(N)c(SCCCOc2ccc(Cl)cc2)c1. The minimum atomic E-state index is 0.665. The summed E-state index contributed by atoms with van der Waals surface area (Å²) in [4.78, 5) is 1.04. The number of rotatable bonds is 7. The molecule has 0 heterocycles. The van der Waals surface area contributed by atoms with E-state index in [-0.39, 0.29) is 0 Å². The highest BCUT2D eigenvalue weighted by Crippen LogP contribution is 2.29. The van der Waals surface area contributed by atoms with Gasteiger partial charge in [-0.05, 0) is 48.9 Å². The quantitative estimate of drug-likeness (QED) is 0.463. The van der Waals surface area contributed by atoms with Crippen LogP contribution in [0.1, 0.15) is 6.42 Å². The lowest BCUT2D eigenvalue weighted by Crippen LogP contribution is -1.99. The maximum Gasteiger partial charge on any atom is 0.120 e. The lowest BCUT2D eigenvalue weighted by atomic mass is 10.3. The van der Waals surface area contributed by atoms with Gasteiger partial charge in [-0.15, -0.1) is 11.8 Å². The number of anilines is 1. The van der Waals surface area contributed by atoms with Gasteiger partial charge in [-0.25, -0.2) is 0 Å². The van der Waals surface area contributed by atoms with E-state index in [4.69, 9.17) is 26.8 Å². The largest absolute Gasteiger partial charge is 0.497 e. The van der Waals surface area contributed by atoms with Crippen LogP contribution in [-0.2, 0) is 0 Å². The molecule has 0 aliphatic heterocycles. The van der Waals surface area contributed by atoms with Crippen molar-refractivity contribution in [3.63, 3.8) is 0 Å². The molecule has 2 aromatic rings. The smallest absolute Gasteiger partial charge is 0.120 e. The fourth-order valence-electron chi connectivity index (χ4n) is 1.73. The number of nitrogens with two attached hydrogens (primary N) is 1. The molecule has 2 rings (SSSR count). The molecule has 0 amide bonds. The van der Waals surface area contributed by atoms with E-state index in [2.05, 4.69) is 0 Å². The molecule has 0 saturated carbocycles. The van der Waals surface area contributed by atoms with Gasteiger partial charge in [0.2, 0.25) is 0 Å². The first-order chi connectivity index (χ1) is 10.2. The van der Waals surface area contributed by atoms with Crippen LogP contribution in [-0.4, -0.2) is 19.5 Å². The maximum atomic E-state index is 5.94. The predicted octanol–water partition coefficient (Wildman–Crippen LogP) is 4.49. The molecule has 0 bridgehead atoms. The monoisotopic (exact) mass is 323 g/mol. The molecule has 0 radical (unpaired) electrons. The Labute approximate surface area is 134 Å². The second-order valence-corrected chi connectivity index (χ2v) is 5.98. The molecule has 2 aromatic carbocycles. The van der Waals surface area contributed by atoms with Crippen molar-refractivity contribution in [3.05, 3.63) is 47.5 Å². The first-order valence-electron chi connectivity index (χ1n) is 6.64. The highest BCUT2D eigenvalue weighted by atomic mass is 35.5. The van der Waals surface area contributed by atoms with E-state index in [1.165, 1.54) is 0 Å². The van der Waals surface area contributed by atoms with Crippen LogP contribution < -0.4 is 15.2 Å². The number of thioether (sulfide) groups is 1. The molecule has 3 nitrogen and oxygen atoms in total. The van der Waals surface area contributed by atoms with Gasteiger partial charge in [-0.2, -0.15) is 0 Å². The number of nitrogen functional groups attached to an aromatic ring is 1. The first-order valence-corrected chi connectivity index (χ1v) is 8.00. The molecule has 0 fully saturated rings. The molecule has 112 valence electrons. The molecule has 2 N–H and O–H groups in total. The van der Waals surface area contributed by atoms with Crippen molar-refractivity contribution >= 4 is 29.1 Å². The Bertz CT molecular complexity index is 575. The standard InChI is InChI=1S/C16H18ClNO2S/c1-19-14-7-8-15(18)16(11-14)21-10-2-9-20-13-5-3-12(17)4-6-13/h3-8,11H,2,9-10,18H2,1H3. The average Bonchev–Trinajstić information content (AvgIpc) is 2.50. The average molecular weight is 324 g/mol. The summed E-state index contributed by atoms with van der Waals surface area (Å²) in [6.07, 6.45) is 0.934. The van der Waals surface area contributed by atoms with Crippen LogP contribution in [0.3, 0.4) is 0 Å². The number of ether oxygens (including phenoxy) is 2. The van der Waals surface area contributed by atoms with Crippen molar-refractivity contribution in [1.82, 2.24) is 0 Å². The van der Waals surface area contributed by atoms with Crippen LogP contribution in [0.4, 0.5) is 5.69 Å². The van der Waals surface area contributed by atoms with Crippen molar-refractivity contribution in [1.29, 1.82) is 0 Å². The fourth-order valence-corrected chi connectivity index (χ4v) is 2.77. The highest BCUT2D eigenvalue weighted by Gasteiger charge is 2.02. The molecule has 0 saturated heterocycles. The summed E-state index contributed by atoms with van der Waals surface area (Å²) in [5.74, 6) is 2.60. The zero-order valence-electron chi connectivity index (χ0n) is 11.8. The van der Waals surface area contributed by atoms with Crippen LogP contribution in [0.25, 0.3) is 0 Å². The van der Waals surface area contributed by atoms with E-state index in [1.807, 2.05) is 42.5 Å². The van der Waals surface area contributed by atoms with Crippen LogP contribution in [0.5, 0.6) is 11.5 Å². The van der Waals surface area contributed by atoms with Gasteiger partial charge in [0.05, 0.1) is 13.7 Å². The van der Waals surface area contributed by atoms with Gasteiger partial charge in [-0.1, -0.05) is 11.6 Å². The normalized spacial score (nSPS) is 10.4. The lowest BCUT2D eigenvalue weighted by molar-refractivity contribution is 0.319. The Hall–Kier alpha value is -1.52. The van der Waals surface area contributed by atoms with E-state index >= 15 is 0 Å². The highest BCUT2D eigenvalue weighted by molar-refractivity contribution is 7.99. The molecule has 0 aliphatic carbocycles. The summed E-state index contributed by atoms with van der Waals surface area (Å²) in [7, 11) is 1.65. The van der Waals surface area contributed by atoms with Gasteiger partial charge >= 0.3 is 0 Å². The molecular formula is C16H18ClNO2S. The van der Waals surface area contributed by atoms with Crippen molar-refractivity contribution < 1.29 is 9.47 Å². The summed E-state index contributed by atoms with van der Waals surface area (Å²) >= 11 is 7.53. The number of hydrogen-bond acceptors (Lipinski definition) is 4. The topological polar surface area (TPSA) is 44.5 Å². The first kappa shape index (κ1) is 15.9. The van der Waals surface area contributed by atoms with Gasteiger partial charge in [0, 0.05) is 21.4 Å². The van der Waals surface area contributed by atoms with Crippen LogP contribution in [0.15, 0.2) is 47.4 Å². The van der Waals surface area contributed by atoms with Crippen molar-refractivity contribution in [3.8, 4) is 11.5 Å². The van der Waals surface area contributed by atoms with Crippen LogP contribution in [0.2, 0.25) is 5.02 Å². The Morgan fingerprint density at radius 2 is 1.81 bits per heavy atom. The number of halogens is 1. The summed E-state index contributed by atoms with van der Waals surface area (Å²) in [5.41, 5.74) is 6.72. The summed E-state index contributed by atoms with van der Waals surface area (Å²) in [5, 5.41) is 0.714. The summed E-state index contributed by atoms with van der Waals surface area (Å²) < 4.78 is 10.8. The van der Waals surface area contributed by atoms with Gasteiger partial charge in [0.25, 0.3) is 0 Å². The van der Waals surface area contributed by atoms with Gasteiger partial charge < -0.3 is 15.2 Å². The van der Waals surface area contributed by atoms with Crippen molar-refractivity contribution in [2.24, 2.45) is 0 Å². The third kappa shape index (κ3) is 5.06. The Morgan fingerprint density at radius 1 is 1.10 bits per heavy atom. The van der Waals surface area contributed by atoms with Crippen molar-refractivity contribution in [2.75, 3.05) is 25.2 Å². The fraction of sp³-hybridized carbons (Fsp3) is 0.250.